The van der Waals surface area contributed by atoms with Gasteiger partial charge in [-0.1, -0.05) is 6.07 Å². The Kier molecular flexibility index (Phi) is 2.77. The van der Waals surface area contributed by atoms with E-state index in [0.717, 1.165) is 24.3 Å². The van der Waals surface area contributed by atoms with Gasteiger partial charge in [0.25, 0.3) is 0 Å². The summed E-state index contributed by atoms with van der Waals surface area (Å²) >= 11 is 0. The van der Waals surface area contributed by atoms with Crippen LogP contribution in [0.1, 0.15) is 18.4 Å². The molecule has 2 saturated heterocycles. The van der Waals surface area contributed by atoms with E-state index in [2.05, 4.69) is 6.07 Å². The fourth-order valence-electron chi connectivity index (χ4n) is 2.00. The van der Waals surface area contributed by atoms with Crippen molar-refractivity contribution < 1.29 is 17.8 Å². The van der Waals surface area contributed by atoms with E-state index >= 15 is 0 Å². The van der Waals surface area contributed by atoms with Gasteiger partial charge >= 0.3 is 0 Å². The lowest BCUT2D eigenvalue weighted by Crippen LogP contribution is -2.25. The molecule has 93 valence electrons. The maximum Gasteiger partial charge on any atom is 0.168 e. The van der Waals surface area contributed by atoms with Gasteiger partial charge in [-0.2, -0.15) is 0 Å². The molecule has 1 spiro atoms. The van der Waals surface area contributed by atoms with Gasteiger partial charge < -0.3 is 4.74 Å². The zero-order chi connectivity index (χ0) is 11.9. The van der Waals surface area contributed by atoms with Crippen LogP contribution in [0, 0.1) is 18.8 Å². The van der Waals surface area contributed by atoms with E-state index in [-0.39, 0.29) is 11.9 Å². The number of aryl methyl sites for hydroxylation is 1. The van der Waals surface area contributed by atoms with Gasteiger partial charge in [-0.05, 0) is 24.6 Å². The summed E-state index contributed by atoms with van der Waals surface area (Å²) in [4.78, 5) is 0. The van der Waals surface area contributed by atoms with E-state index in [1.165, 1.54) is 0 Å². The first-order chi connectivity index (χ1) is 8.19. The van der Waals surface area contributed by atoms with Crippen LogP contribution in [-0.4, -0.2) is 17.6 Å². The van der Waals surface area contributed by atoms with Crippen LogP contribution < -0.4 is 4.74 Å². The Morgan fingerprint density at radius 1 is 1.41 bits per heavy atom. The van der Waals surface area contributed by atoms with Gasteiger partial charge in [0.15, 0.2) is 11.6 Å². The van der Waals surface area contributed by atoms with Crippen LogP contribution in [0.5, 0.6) is 5.75 Å². The maximum absolute atomic E-state index is 13.7. The van der Waals surface area contributed by atoms with Crippen molar-refractivity contribution in [3.8, 4) is 5.75 Å². The molecule has 3 rings (SSSR count). The lowest BCUT2D eigenvalue weighted by molar-refractivity contribution is 0.0850. The van der Waals surface area contributed by atoms with E-state index in [4.69, 9.17) is 13.4 Å². The summed E-state index contributed by atoms with van der Waals surface area (Å²) < 4.78 is 29.5. The van der Waals surface area contributed by atoms with Crippen LogP contribution in [0.3, 0.4) is 0 Å². The van der Waals surface area contributed by atoms with Gasteiger partial charge in [0.05, 0.1) is 0 Å². The molecular formula is C12H14FO3S. The lowest BCUT2D eigenvalue weighted by Gasteiger charge is -2.28. The van der Waals surface area contributed by atoms with Crippen molar-refractivity contribution >= 4 is 10.6 Å². The molecule has 0 aliphatic carbocycles. The summed E-state index contributed by atoms with van der Waals surface area (Å²) in [6.07, 6.45) is 1.80. The van der Waals surface area contributed by atoms with Gasteiger partial charge in [-0.25, -0.2) is 4.39 Å². The van der Waals surface area contributed by atoms with Crippen LogP contribution in [0.2, 0.25) is 0 Å². The van der Waals surface area contributed by atoms with Gasteiger partial charge in [-0.3, -0.25) is 0 Å². The molecule has 3 nitrogen and oxygen atoms in total. The SMILES string of the molecule is Cc1[c]ccc(OC2CCS3(CC2)OO3)c1F. The molecule has 0 N–H and O–H groups in total. The number of halogens is 1. The summed E-state index contributed by atoms with van der Waals surface area (Å²) in [5.41, 5.74) is 0.495. The van der Waals surface area contributed by atoms with Crippen LogP contribution in [0.4, 0.5) is 4.39 Å². The van der Waals surface area contributed by atoms with Crippen molar-refractivity contribution in [1.29, 1.82) is 0 Å². The maximum atomic E-state index is 13.7. The fourth-order valence-corrected chi connectivity index (χ4v) is 4.03. The average Bonchev–Trinajstić information content (AvgIpc) is 3.08. The van der Waals surface area contributed by atoms with Gasteiger partial charge in [0.2, 0.25) is 0 Å². The number of hydrogen-bond donors (Lipinski definition) is 0. The van der Waals surface area contributed by atoms with Crippen LogP contribution in [0.15, 0.2) is 12.1 Å². The monoisotopic (exact) mass is 257 g/mol. The van der Waals surface area contributed by atoms with Crippen molar-refractivity contribution in [2.45, 2.75) is 25.9 Å². The highest BCUT2D eigenvalue weighted by atomic mass is 32.3. The van der Waals surface area contributed by atoms with Crippen molar-refractivity contribution in [1.82, 2.24) is 0 Å². The zero-order valence-corrected chi connectivity index (χ0v) is 10.4. The highest BCUT2D eigenvalue weighted by Gasteiger charge is 2.42. The highest BCUT2D eigenvalue weighted by molar-refractivity contribution is 8.29. The van der Waals surface area contributed by atoms with Crippen molar-refractivity contribution in [2.24, 2.45) is 0 Å². The van der Waals surface area contributed by atoms with Crippen LogP contribution >= 0.6 is 10.6 Å². The molecule has 1 aromatic rings. The smallest absolute Gasteiger partial charge is 0.168 e. The molecule has 0 amide bonds. The predicted octanol–water partition coefficient (Wildman–Crippen LogP) is 3.07. The summed E-state index contributed by atoms with van der Waals surface area (Å²) in [7, 11) is -1.16. The largest absolute Gasteiger partial charge is 0.487 e. The quantitative estimate of drug-likeness (QED) is 0.603. The van der Waals surface area contributed by atoms with E-state index in [0.29, 0.717) is 11.3 Å². The second kappa shape index (κ2) is 4.15. The van der Waals surface area contributed by atoms with E-state index in [1.54, 1.807) is 19.1 Å². The Hall–Kier alpha value is -0.780. The van der Waals surface area contributed by atoms with Crippen molar-refractivity contribution in [3.05, 3.63) is 29.6 Å². The molecule has 0 saturated carbocycles. The third-order valence-electron chi connectivity index (χ3n) is 3.14. The minimum Gasteiger partial charge on any atom is -0.487 e. The highest BCUT2D eigenvalue weighted by Crippen LogP contribution is 2.67. The Balaban J connectivity index is 1.65. The number of rotatable bonds is 2. The van der Waals surface area contributed by atoms with Gasteiger partial charge in [0, 0.05) is 24.3 Å². The third kappa shape index (κ3) is 2.27. The zero-order valence-electron chi connectivity index (χ0n) is 9.57. The molecule has 0 unspecified atom stereocenters. The molecule has 2 aliphatic heterocycles. The predicted molar refractivity (Wildman–Crippen MR) is 63.1 cm³/mol. The molecule has 2 fully saturated rings. The molecule has 1 aromatic carbocycles. The Morgan fingerprint density at radius 2 is 2.12 bits per heavy atom. The Morgan fingerprint density at radius 3 is 2.76 bits per heavy atom. The lowest BCUT2D eigenvalue weighted by atomic mass is 10.2. The first-order valence-electron chi connectivity index (χ1n) is 5.68. The minimum atomic E-state index is -1.16. The van der Waals surface area contributed by atoms with Gasteiger partial charge in [-0.15, -0.1) is 19.3 Å². The van der Waals surface area contributed by atoms with E-state index in [1.807, 2.05) is 0 Å². The number of hydrogen-bond acceptors (Lipinski definition) is 3. The molecule has 17 heavy (non-hydrogen) atoms. The average molecular weight is 257 g/mol. The van der Waals surface area contributed by atoms with E-state index in [9.17, 15) is 4.39 Å². The molecule has 5 heteroatoms. The van der Waals surface area contributed by atoms with Crippen molar-refractivity contribution in [2.75, 3.05) is 11.5 Å². The molecule has 0 atom stereocenters. The number of benzene rings is 1. The number of ether oxygens (including phenoxy) is 1. The topological polar surface area (TPSA) is 34.3 Å². The van der Waals surface area contributed by atoms with E-state index < -0.39 is 10.6 Å². The summed E-state index contributed by atoms with van der Waals surface area (Å²) in [6, 6.07) is 6.13. The molecule has 2 aliphatic rings. The minimum absolute atomic E-state index is 0.0669. The molecule has 0 bridgehead atoms. The van der Waals surface area contributed by atoms with Crippen LogP contribution in [0.25, 0.3) is 0 Å². The second-order valence-corrected chi connectivity index (χ2v) is 6.96. The molecule has 2 heterocycles. The summed E-state index contributed by atoms with van der Waals surface area (Å²) in [6.45, 7) is 1.69. The summed E-state index contributed by atoms with van der Waals surface area (Å²) in [5, 5.41) is 0. The van der Waals surface area contributed by atoms with Gasteiger partial charge in [0.1, 0.15) is 6.10 Å². The third-order valence-corrected chi connectivity index (χ3v) is 5.37. The van der Waals surface area contributed by atoms with Crippen LogP contribution in [-0.2, 0) is 8.67 Å². The molecule has 1 radical (unpaired) electrons. The first kappa shape index (κ1) is 11.3. The first-order valence-corrected chi connectivity index (χ1v) is 7.50. The second-order valence-electron chi connectivity index (χ2n) is 4.39. The van der Waals surface area contributed by atoms with Crippen molar-refractivity contribution in [3.63, 3.8) is 0 Å². The molecular weight excluding hydrogens is 243 g/mol. The molecule has 0 aromatic heterocycles. The normalized spacial score (nSPS) is 24.6. The fraction of sp³-hybridized carbons (Fsp3) is 0.500. The standard InChI is InChI=1S/C12H14FO3S/c1-9-3-2-4-11(12(9)13)14-10-5-7-17(8-6-10)15-16-17/h2,4,10H,5-8H2,1H3. The Bertz CT molecular complexity index is 424. The summed E-state index contributed by atoms with van der Waals surface area (Å²) in [5.74, 6) is 1.82. The Labute approximate surface area is 102 Å².